The molecule has 3 rings (SSSR count). The van der Waals surface area contributed by atoms with E-state index < -0.39 is 30.7 Å². The first kappa shape index (κ1) is 20.6. The minimum atomic E-state index is -0.819. The molecule has 2 aromatic carbocycles. The van der Waals surface area contributed by atoms with E-state index in [-0.39, 0.29) is 0 Å². The lowest BCUT2D eigenvalue weighted by atomic mass is 9.98. The van der Waals surface area contributed by atoms with Gasteiger partial charge in [-0.3, -0.25) is 0 Å². The van der Waals surface area contributed by atoms with Crippen LogP contribution in [0.1, 0.15) is 11.1 Å². The molecule has 0 unspecified atom stereocenters. The second-order valence-corrected chi connectivity index (χ2v) is 6.56. The minimum Gasteiger partial charge on any atom is -0.373 e. The van der Waals surface area contributed by atoms with Crippen LogP contribution in [0.5, 0.6) is 0 Å². The van der Waals surface area contributed by atoms with E-state index in [2.05, 4.69) is 0 Å². The van der Waals surface area contributed by atoms with Gasteiger partial charge in [0.1, 0.15) is 24.4 Å². The zero-order valence-corrected chi connectivity index (χ0v) is 16.1. The average molecular weight is 386 g/mol. The van der Waals surface area contributed by atoms with E-state index in [0.717, 1.165) is 17.4 Å². The standard InChI is InChI=1S/C22H26O6/c1-24-21-20(27-15-17-11-7-4-8-12-17)19(18(13-23)28-22(21)25-2)26-14-16-9-5-3-6-10-16/h3-13,18-22H,14-15H2,1-2H3/t18-,19+,20-,21-,22-/m1/s1. The Kier molecular flexibility index (Phi) is 7.71. The Balaban J connectivity index is 1.78. The highest BCUT2D eigenvalue weighted by Crippen LogP contribution is 2.29. The van der Waals surface area contributed by atoms with Crippen LogP contribution in [0.4, 0.5) is 0 Å². The molecule has 2 aromatic rings. The van der Waals surface area contributed by atoms with Gasteiger partial charge in [-0.2, -0.15) is 0 Å². The fourth-order valence-electron chi connectivity index (χ4n) is 3.30. The Bertz CT molecular complexity index is 707. The third-order valence-electron chi connectivity index (χ3n) is 4.74. The Labute approximate surface area is 165 Å². The molecule has 6 heteroatoms. The molecule has 1 fully saturated rings. The van der Waals surface area contributed by atoms with Gasteiger partial charge in [0.2, 0.25) is 0 Å². The third-order valence-corrected chi connectivity index (χ3v) is 4.74. The van der Waals surface area contributed by atoms with Crippen molar-refractivity contribution in [3.8, 4) is 0 Å². The summed E-state index contributed by atoms with van der Waals surface area (Å²) < 4.78 is 29.0. The van der Waals surface area contributed by atoms with Gasteiger partial charge in [-0.25, -0.2) is 0 Å². The van der Waals surface area contributed by atoms with Gasteiger partial charge in [-0.05, 0) is 11.1 Å². The van der Waals surface area contributed by atoms with E-state index in [0.29, 0.717) is 13.2 Å². The Morgan fingerprint density at radius 2 is 1.32 bits per heavy atom. The van der Waals surface area contributed by atoms with E-state index in [1.807, 2.05) is 60.7 Å². The van der Waals surface area contributed by atoms with Crippen molar-refractivity contribution in [2.24, 2.45) is 0 Å². The van der Waals surface area contributed by atoms with Crippen molar-refractivity contribution < 1.29 is 28.5 Å². The van der Waals surface area contributed by atoms with Crippen LogP contribution in [0.3, 0.4) is 0 Å². The number of benzene rings is 2. The highest BCUT2D eigenvalue weighted by Gasteiger charge is 2.48. The largest absolute Gasteiger partial charge is 0.373 e. The van der Waals surface area contributed by atoms with Gasteiger partial charge in [0.05, 0.1) is 13.2 Å². The summed E-state index contributed by atoms with van der Waals surface area (Å²) >= 11 is 0. The summed E-state index contributed by atoms with van der Waals surface area (Å²) in [5, 5.41) is 0. The van der Waals surface area contributed by atoms with E-state index in [1.54, 1.807) is 7.11 Å². The molecule has 1 saturated heterocycles. The summed E-state index contributed by atoms with van der Waals surface area (Å²) in [7, 11) is 3.08. The summed E-state index contributed by atoms with van der Waals surface area (Å²) in [5.41, 5.74) is 2.01. The number of methoxy groups -OCH3 is 2. The molecule has 0 saturated carbocycles. The molecule has 5 atom stereocenters. The second kappa shape index (κ2) is 10.5. The van der Waals surface area contributed by atoms with Gasteiger partial charge in [0.25, 0.3) is 0 Å². The zero-order valence-electron chi connectivity index (χ0n) is 16.1. The molecule has 0 amide bonds. The lowest BCUT2D eigenvalue weighted by Gasteiger charge is -2.43. The van der Waals surface area contributed by atoms with Crippen molar-refractivity contribution >= 4 is 6.29 Å². The van der Waals surface area contributed by atoms with Gasteiger partial charge in [0, 0.05) is 14.2 Å². The number of aldehydes is 1. The van der Waals surface area contributed by atoms with E-state index in [1.165, 1.54) is 7.11 Å². The van der Waals surface area contributed by atoms with Crippen LogP contribution in [0.2, 0.25) is 0 Å². The topological polar surface area (TPSA) is 63.2 Å². The number of carbonyl (C=O) groups is 1. The predicted molar refractivity (Wildman–Crippen MR) is 103 cm³/mol. The minimum absolute atomic E-state index is 0.332. The van der Waals surface area contributed by atoms with Crippen LogP contribution in [0.15, 0.2) is 60.7 Å². The first-order chi connectivity index (χ1) is 13.8. The Morgan fingerprint density at radius 1 is 0.786 bits per heavy atom. The van der Waals surface area contributed by atoms with Gasteiger partial charge in [0.15, 0.2) is 12.6 Å². The van der Waals surface area contributed by atoms with Crippen molar-refractivity contribution in [3.05, 3.63) is 71.8 Å². The molecule has 0 bridgehead atoms. The third kappa shape index (κ3) is 5.04. The molecule has 1 aliphatic heterocycles. The Hall–Kier alpha value is -2.09. The molecule has 0 spiro atoms. The summed E-state index contributed by atoms with van der Waals surface area (Å²) in [6, 6.07) is 19.6. The van der Waals surface area contributed by atoms with E-state index in [4.69, 9.17) is 23.7 Å². The first-order valence-electron chi connectivity index (χ1n) is 9.24. The molecule has 6 nitrogen and oxygen atoms in total. The molecule has 0 radical (unpaired) electrons. The predicted octanol–water partition coefficient (Wildman–Crippen LogP) is 2.74. The highest BCUT2D eigenvalue weighted by atomic mass is 16.7. The van der Waals surface area contributed by atoms with Crippen LogP contribution in [0, 0.1) is 0 Å². The monoisotopic (exact) mass is 386 g/mol. The van der Waals surface area contributed by atoms with Crippen LogP contribution < -0.4 is 0 Å². The fourth-order valence-corrected chi connectivity index (χ4v) is 3.30. The second-order valence-electron chi connectivity index (χ2n) is 6.56. The van der Waals surface area contributed by atoms with Crippen LogP contribution in [-0.4, -0.2) is 51.2 Å². The lowest BCUT2D eigenvalue weighted by Crippen LogP contribution is -2.60. The van der Waals surface area contributed by atoms with Gasteiger partial charge >= 0.3 is 0 Å². The van der Waals surface area contributed by atoms with E-state index >= 15 is 0 Å². The van der Waals surface area contributed by atoms with Crippen molar-refractivity contribution in [2.75, 3.05) is 14.2 Å². The molecule has 28 heavy (non-hydrogen) atoms. The van der Waals surface area contributed by atoms with Gasteiger partial charge in [-0.1, -0.05) is 60.7 Å². The van der Waals surface area contributed by atoms with Crippen molar-refractivity contribution in [3.63, 3.8) is 0 Å². The van der Waals surface area contributed by atoms with Crippen LogP contribution in [-0.2, 0) is 41.7 Å². The SMILES string of the molecule is CO[C@@H]1O[C@H](C=O)[C@H](OCc2ccccc2)[C@@H](OCc2ccccc2)[C@H]1OC. The molecule has 1 heterocycles. The summed E-state index contributed by atoms with van der Waals surface area (Å²) in [4.78, 5) is 11.7. The van der Waals surface area contributed by atoms with Gasteiger partial charge in [-0.15, -0.1) is 0 Å². The normalized spacial score (nSPS) is 27.4. The highest BCUT2D eigenvalue weighted by molar-refractivity contribution is 5.57. The first-order valence-corrected chi connectivity index (χ1v) is 9.24. The van der Waals surface area contributed by atoms with Crippen LogP contribution >= 0.6 is 0 Å². The maximum Gasteiger partial charge on any atom is 0.187 e. The number of carbonyl (C=O) groups excluding carboxylic acids is 1. The maximum absolute atomic E-state index is 11.7. The number of ether oxygens (including phenoxy) is 5. The van der Waals surface area contributed by atoms with Gasteiger partial charge < -0.3 is 28.5 Å². The molecule has 0 aliphatic carbocycles. The molecule has 0 aromatic heterocycles. The molecule has 150 valence electrons. The van der Waals surface area contributed by atoms with Crippen molar-refractivity contribution in [1.82, 2.24) is 0 Å². The number of hydrogen-bond donors (Lipinski definition) is 0. The Morgan fingerprint density at radius 3 is 1.79 bits per heavy atom. The number of hydrogen-bond acceptors (Lipinski definition) is 6. The van der Waals surface area contributed by atoms with Crippen LogP contribution in [0.25, 0.3) is 0 Å². The van der Waals surface area contributed by atoms with E-state index in [9.17, 15) is 4.79 Å². The fraction of sp³-hybridized carbons (Fsp3) is 0.409. The summed E-state index contributed by atoms with van der Waals surface area (Å²) in [6.45, 7) is 0.692. The molecule has 1 aliphatic rings. The number of rotatable bonds is 9. The molecular formula is C22H26O6. The van der Waals surface area contributed by atoms with Crippen molar-refractivity contribution in [1.29, 1.82) is 0 Å². The summed E-state index contributed by atoms with van der Waals surface area (Å²) in [6.07, 6.45) is -2.52. The molecule has 0 N–H and O–H groups in total. The maximum atomic E-state index is 11.7. The summed E-state index contributed by atoms with van der Waals surface area (Å²) in [5.74, 6) is 0. The zero-order chi connectivity index (χ0) is 19.8. The molecular weight excluding hydrogens is 360 g/mol. The smallest absolute Gasteiger partial charge is 0.187 e. The van der Waals surface area contributed by atoms with Crippen molar-refractivity contribution in [2.45, 2.75) is 43.9 Å². The lowest BCUT2D eigenvalue weighted by molar-refractivity contribution is -0.303. The average Bonchev–Trinajstić information content (AvgIpc) is 2.76. The quantitative estimate of drug-likeness (QED) is 0.618.